The van der Waals surface area contributed by atoms with E-state index in [1.54, 1.807) is 12.1 Å². The number of pyridine rings is 1. The molecule has 1 aromatic carbocycles. The van der Waals surface area contributed by atoms with Gasteiger partial charge in [0.05, 0.1) is 30.9 Å². The number of sulfonamides is 1. The van der Waals surface area contributed by atoms with Gasteiger partial charge in [-0.1, -0.05) is 30.7 Å². The standard InChI is InChI=1S/C30H41ClFN5O6S/c1-3-16-44(40,41)37-13-12-33-17-23(37)8-9-24-25(32)18-34-19-26(24)35-29(38)28(36-30(39)42-2)27(21-10-14-43-15-11-21)20-4-6-22(31)7-5-20/h4-7,18-19,21,23,27-28,33H,3,8-17H2,1-2H3,(H,35,38)(H,36,39)/t23-,27?,28-/m0/s1. The van der Waals surface area contributed by atoms with Crippen LogP contribution in [0, 0.1) is 11.7 Å². The van der Waals surface area contributed by atoms with Crippen molar-refractivity contribution in [3.63, 3.8) is 0 Å². The number of aromatic nitrogens is 1. The number of rotatable bonds is 12. The van der Waals surface area contributed by atoms with Gasteiger partial charge < -0.3 is 25.4 Å². The predicted octanol–water partition coefficient (Wildman–Crippen LogP) is 3.69. The summed E-state index contributed by atoms with van der Waals surface area (Å²) in [5, 5.41) is 9.28. The van der Waals surface area contributed by atoms with Crippen LogP contribution < -0.4 is 16.0 Å². The first kappa shape index (κ1) is 34.0. The van der Waals surface area contributed by atoms with Gasteiger partial charge in [-0.15, -0.1) is 0 Å². The molecule has 1 unspecified atom stereocenters. The fourth-order valence-corrected chi connectivity index (χ4v) is 7.96. The molecule has 3 N–H and O–H groups in total. The number of methoxy groups -OCH3 is 1. The molecule has 1 aromatic heterocycles. The quantitative estimate of drug-likeness (QED) is 0.315. The third-order valence-corrected chi connectivity index (χ3v) is 10.6. The van der Waals surface area contributed by atoms with Gasteiger partial charge in [0.1, 0.15) is 11.9 Å². The minimum atomic E-state index is -3.45. The lowest BCUT2D eigenvalue weighted by atomic mass is 9.76. The molecule has 2 fully saturated rings. The molecule has 11 nitrogen and oxygen atoms in total. The zero-order chi connectivity index (χ0) is 31.7. The maximum absolute atomic E-state index is 15.2. The van der Waals surface area contributed by atoms with E-state index < -0.39 is 39.8 Å². The first-order valence-electron chi connectivity index (χ1n) is 15.0. The van der Waals surface area contributed by atoms with E-state index in [1.807, 2.05) is 19.1 Å². The van der Waals surface area contributed by atoms with Crippen LogP contribution in [0.5, 0.6) is 0 Å². The molecule has 2 aromatic rings. The number of hydrogen-bond acceptors (Lipinski definition) is 8. The van der Waals surface area contributed by atoms with Crippen molar-refractivity contribution in [2.45, 2.75) is 57.0 Å². The number of piperazine rings is 1. The van der Waals surface area contributed by atoms with Gasteiger partial charge in [0.2, 0.25) is 15.9 Å². The molecule has 2 aliphatic heterocycles. The van der Waals surface area contributed by atoms with E-state index in [0.717, 1.165) is 11.8 Å². The van der Waals surface area contributed by atoms with Crippen molar-refractivity contribution >= 4 is 39.3 Å². The molecule has 0 bridgehead atoms. The topological polar surface area (TPSA) is 139 Å². The summed E-state index contributed by atoms with van der Waals surface area (Å²) in [5.74, 6) is -1.62. The van der Waals surface area contributed by atoms with Gasteiger partial charge in [0.15, 0.2) is 0 Å². The molecule has 2 saturated heterocycles. The van der Waals surface area contributed by atoms with Crippen LogP contribution in [0.3, 0.4) is 0 Å². The number of ether oxygens (including phenoxy) is 2. The number of benzene rings is 1. The van der Waals surface area contributed by atoms with Crippen LogP contribution in [0.15, 0.2) is 36.7 Å². The lowest BCUT2D eigenvalue weighted by molar-refractivity contribution is -0.119. The fourth-order valence-electron chi connectivity index (χ4n) is 6.08. The minimum absolute atomic E-state index is 0.0159. The Morgan fingerprint density at radius 3 is 2.64 bits per heavy atom. The maximum Gasteiger partial charge on any atom is 0.407 e. The normalized spacial score (nSPS) is 19.6. The Bertz CT molecular complexity index is 1380. The summed E-state index contributed by atoms with van der Waals surface area (Å²) >= 11 is 6.15. The third-order valence-electron chi connectivity index (χ3n) is 8.23. The molecule has 2 amide bonds. The van der Waals surface area contributed by atoms with Gasteiger partial charge in [-0.3, -0.25) is 9.78 Å². The summed E-state index contributed by atoms with van der Waals surface area (Å²) < 4.78 is 53.0. The third kappa shape index (κ3) is 8.66. The second-order valence-electron chi connectivity index (χ2n) is 11.1. The number of carbonyl (C=O) groups excluding carboxylic acids is 2. The fraction of sp³-hybridized carbons (Fsp3) is 0.567. The predicted molar refractivity (Wildman–Crippen MR) is 166 cm³/mol. The second-order valence-corrected chi connectivity index (χ2v) is 13.6. The summed E-state index contributed by atoms with van der Waals surface area (Å²) in [6.07, 6.45) is 3.97. The lowest BCUT2D eigenvalue weighted by Crippen LogP contribution is -2.54. The summed E-state index contributed by atoms with van der Waals surface area (Å²) in [5.41, 5.74) is 1.16. The molecule has 3 atom stereocenters. The number of carbonyl (C=O) groups is 2. The number of nitrogens with one attached hydrogen (secondary N) is 3. The minimum Gasteiger partial charge on any atom is -0.453 e. The van der Waals surface area contributed by atoms with Crippen molar-refractivity contribution in [3.8, 4) is 0 Å². The molecule has 242 valence electrons. The number of alkyl carbamates (subject to hydrolysis) is 1. The molecule has 2 aliphatic rings. The highest BCUT2D eigenvalue weighted by atomic mass is 35.5. The van der Waals surface area contributed by atoms with Gasteiger partial charge in [-0.2, -0.15) is 4.31 Å². The summed E-state index contributed by atoms with van der Waals surface area (Å²) in [6, 6.07) is 5.67. The highest BCUT2D eigenvalue weighted by Crippen LogP contribution is 2.36. The van der Waals surface area contributed by atoms with Gasteiger partial charge >= 0.3 is 6.09 Å². The molecule has 4 rings (SSSR count). The average Bonchev–Trinajstić information content (AvgIpc) is 3.02. The van der Waals surface area contributed by atoms with Crippen LogP contribution in [0.1, 0.15) is 49.7 Å². The van der Waals surface area contributed by atoms with E-state index in [2.05, 4.69) is 20.9 Å². The Morgan fingerprint density at radius 2 is 1.95 bits per heavy atom. The van der Waals surface area contributed by atoms with Gasteiger partial charge in [-0.05, 0) is 55.7 Å². The van der Waals surface area contributed by atoms with Crippen molar-refractivity contribution in [1.29, 1.82) is 0 Å². The van der Waals surface area contributed by atoms with Crippen molar-refractivity contribution in [1.82, 2.24) is 19.9 Å². The van der Waals surface area contributed by atoms with Gasteiger partial charge in [0.25, 0.3) is 0 Å². The molecule has 3 heterocycles. The Morgan fingerprint density at radius 1 is 1.23 bits per heavy atom. The van der Waals surface area contributed by atoms with Crippen LogP contribution >= 0.6 is 11.6 Å². The molecular formula is C30H41ClFN5O6S. The summed E-state index contributed by atoms with van der Waals surface area (Å²) in [6.45, 7) is 4.17. The van der Waals surface area contributed by atoms with Crippen LogP contribution in [0.25, 0.3) is 0 Å². The van der Waals surface area contributed by atoms with Crippen molar-refractivity contribution in [2.24, 2.45) is 5.92 Å². The molecule has 14 heteroatoms. The number of hydrogen-bond donors (Lipinski definition) is 3. The Kier molecular flexibility index (Phi) is 12.3. The largest absolute Gasteiger partial charge is 0.453 e. The Balaban J connectivity index is 1.61. The summed E-state index contributed by atoms with van der Waals surface area (Å²) in [4.78, 5) is 30.5. The van der Waals surface area contributed by atoms with Crippen molar-refractivity contribution in [2.75, 3.05) is 51.0 Å². The van der Waals surface area contributed by atoms with E-state index >= 15 is 4.39 Å². The van der Waals surface area contributed by atoms with Crippen LogP contribution in [0.4, 0.5) is 14.9 Å². The monoisotopic (exact) mass is 653 g/mol. The van der Waals surface area contributed by atoms with Gasteiger partial charge in [0, 0.05) is 55.4 Å². The number of halogens is 2. The zero-order valence-electron chi connectivity index (χ0n) is 25.1. The van der Waals surface area contributed by atoms with E-state index in [1.165, 1.54) is 17.6 Å². The Hall–Kier alpha value is -2.84. The second kappa shape index (κ2) is 15.9. The zero-order valence-corrected chi connectivity index (χ0v) is 26.6. The van der Waals surface area contributed by atoms with E-state index in [0.29, 0.717) is 63.6 Å². The first-order chi connectivity index (χ1) is 21.1. The average molecular weight is 654 g/mol. The van der Waals surface area contributed by atoms with Crippen LogP contribution in [0.2, 0.25) is 5.02 Å². The SMILES string of the molecule is CCCS(=O)(=O)N1CCNC[C@@H]1CCc1c(F)cncc1NC(=O)[C@@H](NC(=O)OC)C(c1ccc(Cl)cc1)C1CCOCC1. The molecule has 0 radical (unpaired) electrons. The maximum atomic E-state index is 15.2. The van der Waals surface area contributed by atoms with E-state index in [9.17, 15) is 18.0 Å². The Labute approximate surface area is 263 Å². The molecule has 0 spiro atoms. The van der Waals surface area contributed by atoms with E-state index in [4.69, 9.17) is 21.1 Å². The van der Waals surface area contributed by atoms with Gasteiger partial charge in [-0.25, -0.2) is 17.6 Å². The molecule has 0 saturated carbocycles. The number of anilines is 1. The smallest absolute Gasteiger partial charge is 0.407 e. The lowest BCUT2D eigenvalue weighted by Gasteiger charge is -2.36. The van der Waals surface area contributed by atoms with E-state index in [-0.39, 0.29) is 35.4 Å². The molecule has 0 aliphatic carbocycles. The molecule has 44 heavy (non-hydrogen) atoms. The highest BCUT2D eigenvalue weighted by molar-refractivity contribution is 7.89. The van der Waals surface area contributed by atoms with Crippen LogP contribution in [-0.4, -0.2) is 87.5 Å². The number of amides is 2. The summed E-state index contributed by atoms with van der Waals surface area (Å²) in [7, 11) is -2.24. The number of nitrogens with zero attached hydrogens (tertiary/aromatic N) is 2. The van der Waals surface area contributed by atoms with Crippen LogP contribution in [-0.2, 0) is 30.7 Å². The highest BCUT2D eigenvalue weighted by Gasteiger charge is 2.38. The van der Waals surface area contributed by atoms with Crippen molar-refractivity contribution in [3.05, 3.63) is 58.6 Å². The first-order valence-corrected chi connectivity index (χ1v) is 16.9. The molecular weight excluding hydrogens is 613 g/mol. The van der Waals surface area contributed by atoms with Crippen molar-refractivity contribution < 1.29 is 31.9 Å².